The smallest absolute Gasteiger partial charge is 0.263 e. The second-order valence-electron chi connectivity index (χ2n) is 9.90. The number of hydrogen-bond donors (Lipinski definition) is 4. The minimum absolute atomic E-state index is 0.132. The van der Waals surface area contributed by atoms with Crippen molar-refractivity contribution in [3.8, 4) is 5.75 Å². The van der Waals surface area contributed by atoms with E-state index in [1.165, 1.54) is 18.5 Å². The van der Waals surface area contributed by atoms with E-state index >= 15 is 0 Å². The maximum absolute atomic E-state index is 15.0. The molecule has 1 aliphatic carbocycles. The van der Waals surface area contributed by atoms with Crippen LogP contribution in [0, 0.1) is 11.2 Å². The Balaban J connectivity index is 1.26. The van der Waals surface area contributed by atoms with E-state index in [-0.39, 0.29) is 18.3 Å². The Labute approximate surface area is 204 Å². The number of carbonyl (C=O) groups is 1. The summed E-state index contributed by atoms with van der Waals surface area (Å²) in [6, 6.07) is 6.17. The Kier molecular flexibility index (Phi) is 5.09. The van der Waals surface area contributed by atoms with E-state index in [9.17, 15) is 19.4 Å². The average Bonchev–Trinajstić information content (AvgIpc) is 3.38. The van der Waals surface area contributed by atoms with Gasteiger partial charge in [0.1, 0.15) is 29.7 Å². The van der Waals surface area contributed by atoms with Crippen LogP contribution in [0.3, 0.4) is 0 Å². The summed E-state index contributed by atoms with van der Waals surface area (Å²) in [6.07, 6.45) is 2.65. The zero-order valence-electron chi connectivity index (χ0n) is 19.5. The predicted octanol–water partition coefficient (Wildman–Crippen LogP) is 2.34. The van der Waals surface area contributed by atoms with Gasteiger partial charge >= 0.3 is 0 Å². The molecule has 186 valence electrons. The molecule has 3 aromatic heterocycles. The summed E-state index contributed by atoms with van der Waals surface area (Å²) in [5.41, 5.74) is 7.03. The van der Waals surface area contributed by atoms with Crippen LogP contribution in [0.4, 0.5) is 16.0 Å². The summed E-state index contributed by atoms with van der Waals surface area (Å²) in [7, 11) is 0. The van der Waals surface area contributed by atoms with Crippen LogP contribution in [-0.2, 0) is 11.2 Å². The molecular formula is C25H25FN6O4. The van der Waals surface area contributed by atoms with Crippen LogP contribution >= 0.6 is 0 Å². The first-order valence-electron chi connectivity index (χ1n) is 11.7. The van der Waals surface area contributed by atoms with Crippen molar-refractivity contribution in [2.75, 3.05) is 17.7 Å². The highest BCUT2D eigenvalue weighted by Crippen LogP contribution is 2.48. The number of halogens is 1. The van der Waals surface area contributed by atoms with Gasteiger partial charge in [-0.15, -0.1) is 0 Å². The molecule has 36 heavy (non-hydrogen) atoms. The normalized spacial score (nSPS) is 25.7. The Bertz CT molecular complexity index is 1520. The van der Waals surface area contributed by atoms with Crippen molar-refractivity contribution in [2.24, 2.45) is 5.41 Å². The number of nitrogen functional groups attached to an aromatic ring is 1. The highest BCUT2D eigenvalue weighted by molar-refractivity contribution is 5.96. The van der Waals surface area contributed by atoms with Crippen molar-refractivity contribution in [2.45, 2.75) is 44.4 Å². The number of fused-ring (bicyclic) bond motifs is 3. The molecule has 6 rings (SSSR count). The maximum atomic E-state index is 15.0. The number of carbonyl (C=O) groups excluding carboxylic acids is 1. The van der Waals surface area contributed by atoms with Gasteiger partial charge in [0.05, 0.1) is 23.0 Å². The number of aryl methyl sites for hydroxylation is 1. The predicted molar refractivity (Wildman–Crippen MR) is 130 cm³/mol. The van der Waals surface area contributed by atoms with Gasteiger partial charge in [0, 0.05) is 11.6 Å². The second-order valence-corrected chi connectivity index (χ2v) is 9.90. The van der Waals surface area contributed by atoms with Crippen molar-refractivity contribution < 1.29 is 24.1 Å². The molecule has 0 unspecified atom stereocenters. The molecule has 1 aromatic carbocycles. The maximum Gasteiger partial charge on any atom is 0.263 e. The van der Waals surface area contributed by atoms with Gasteiger partial charge in [-0.2, -0.15) is 0 Å². The van der Waals surface area contributed by atoms with Gasteiger partial charge in [-0.25, -0.2) is 19.3 Å². The third-order valence-electron chi connectivity index (χ3n) is 7.51. The van der Waals surface area contributed by atoms with Crippen LogP contribution in [0.15, 0.2) is 36.8 Å². The molecule has 5 N–H and O–H groups in total. The lowest BCUT2D eigenvalue weighted by atomic mass is 9.80. The van der Waals surface area contributed by atoms with Crippen molar-refractivity contribution in [3.05, 3.63) is 48.2 Å². The molecular weight excluding hydrogens is 467 g/mol. The number of rotatable bonds is 4. The molecule has 4 heterocycles. The molecule has 4 aromatic rings. The van der Waals surface area contributed by atoms with E-state index in [0.717, 1.165) is 0 Å². The Morgan fingerprint density at radius 3 is 2.94 bits per heavy atom. The Morgan fingerprint density at radius 2 is 2.11 bits per heavy atom. The number of aromatic nitrogens is 4. The zero-order valence-corrected chi connectivity index (χ0v) is 19.5. The number of benzene rings is 1. The molecule has 10 nitrogen and oxygen atoms in total. The molecule has 0 bridgehead atoms. The lowest BCUT2D eigenvalue weighted by molar-refractivity contribution is -0.118. The van der Waals surface area contributed by atoms with Crippen molar-refractivity contribution >= 4 is 39.5 Å². The number of aliphatic hydroxyl groups excluding tert-OH is 2. The minimum atomic E-state index is -1.01. The fourth-order valence-electron chi connectivity index (χ4n) is 5.47. The molecule has 1 aliphatic heterocycles. The van der Waals surface area contributed by atoms with Crippen molar-refractivity contribution in [1.82, 2.24) is 19.5 Å². The standard InChI is InChI=1S/C25H25FN6O4/c1-25(9-17(20(34)21(25)35)32-5-3-13-22(27)28-11-29-24(13)32)4-2-12-6-15(26)14-8-18-23(30-16(14)7-12)31-19(33)10-36-18/h3,5-8,11,17,20-21,34-35H,2,4,9-10H2,1H3,(H2,27,28,29)(H,30,31,33)/t17-,20+,21+,25+/m1/s1. The summed E-state index contributed by atoms with van der Waals surface area (Å²) < 4.78 is 22.1. The van der Waals surface area contributed by atoms with Crippen LogP contribution in [0.5, 0.6) is 5.75 Å². The van der Waals surface area contributed by atoms with Gasteiger partial charge in [-0.05, 0) is 54.5 Å². The summed E-state index contributed by atoms with van der Waals surface area (Å²) in [4.78, 5) is 24.3. The number of nitrogens with zero attached hydrogens (tertiary/aromatic N) is 4. The summed E-state index contributed by atoms with van der Waals surface area (Å²) >= 11 is 0. The number of ether oxygens (including phenoxy) is 1. The lowest BCUT2D eigenvalue weighted by Gasteiger charge is -2.28. The van der Waals surface area contributed by atoms with E-state index in [0.29, 0.717) is 58.3 Å². The van der Waals surface area contributed by atoms with E-state index in [1.807, 2.05) is 11.5 Å². The number of anilines is 2. The number of nitrogens with two attached hydrogens (primary N) is 1. The molecule has 0 spiro atoms. The molecule has 1 amide bonds. The van der Waals surface area contributed by atoms with Gasteiger partial charge in [-0.1, -0.05) is 6.92 Å². The molecule has 1 fully saturated rings. The van der Waals surface area contributed by atoms with Gasteiger partial charge in [0.25, 0.3) is 5.91 Å². The number of amides is 1. The first-order valence-corrected chi connectivity index (χ1v) is 11.7. The third-order valence-corrected chi connectivity index (χ3v) is 7.51. The summed E-state index contributed by atoms with van der Waals surface area (Å²) in [5, 5.41) is 25.6. The Hall–Kier alpha value is -3.83. The first-order chi connectivity index (χ1) is 17.2. The zero-order chi connectivity index (χ0) is 25.2. The van der Waals surface area contributed by atoms with E-state index < -0.39 is 29.5 Å². The van der Waals surface area contributed by atoms with Gasteiger partial charge in [-0.3, -0.25) is 4.79 Å². The highest BCUT2D eigenvalue weighted by atomic mass is 19.1. The van der Waals surface area contributed by atoms with E-state index in [1.54, 1.807) is 18.3 Å². The van der Waals surface area contributed by atoms with Crippen LogP contribution in [-0.4, -0.2) is 54.5 Å². The number of nitrogens with one attached hydrogen (secondary N) is 1. The largest absolute Gasteiger partial charge is 0.480 e. The van der Waals surface area contributed by atoms with Crippen LogP contribution in [0.2, 0.25) is 0 Å². The van der Waals surface area contributed by atoms with E-state index in [4.69, 9.17) is 10.5 Å². The fraction of sp³-hybridized carbons (Fsp3) is 0.360. The summed E-state index contributed by atoms with van der Waals surface area (Å²) in [5.74, 6) is 0.202. The molecule has 1 saturated carbocycles. The average molecular weight is 493 g/mol. The van der Waals surface area contributed by atoms with Gasteiger partial charge < -0.3 is 30.6 Å². The quantitative estimate of drug-likeness (QED) is 0.339. The minimum Gasteiger partial charge on any atom is -0.480 e. The topological polar surface area (TPSA) is 148 Å². The highest BCUT2D eigenvalue weighted by Gasteiger charge is 2.50. The molecule has 0 radical (unpaired) electrons. The third kappa shape index (κ3) is 3.54. The van der Waals surface area contributed by atoms with Crippen molar-refractivity contribution in [3.63, 3.8) is 0 Å². The number of hydrogen-bond acceptors (Lipinski definition) is 8. The van der Waals surface area contributed by atoms with Crippen LogP contribution in [0.25, 0.3) is 21.9 Å². The van der Waals surface area contributed by atoms with E-state index in [2.05, 4.69) is 20.3 Å². The molecule has 11 heteroatoms. The Morgan fingerprint density at radius 1 is 1.28 bits per heavy atom. The van der Waals surface area contributed by atoms with Crippen molar-refractivity contribution in [1.29, 1.82) is 0 Å². The number of pyridine rings is 1. The summed E-state index contributed by atoms with van der Waals surface area (Å²) in [6.45, 7) is 1.79. The first kappa shape index (κ1) is 22.6. The SMILES string of the molecule is C[C@]1(CCc2cc(F)c3cc4c(nc3c2)NC(=O)CO4)C[C@@H](n2ccc3c(N)ncnc32)[C@H](O)[C@@H]1O. The lowest BCUT2D eigenvalue weighted by Crippen LogP contribution is -2.35. The van der Waals surface area contributed by atoms with Crippen LogP contribution in [0.1, 0.15) is 31.4 Å². The van der Waals surface area contributed by atoms with Gasteiger partial charge in [0.15, 0.2) is 18.2 Å². The van der Waals surface area contributed by atoms with Crippen LogP contribution < -0.4 is 15.8 Å². The molecule has 2 aliphatic rings. The second kappa shape index (κ2) is 8.10. The number of aliphatic hydroxyl groups is 2. The molecule has 0 saturated heterocycles. The molecule has 4 atom stereocenters. The van der Waals surface area contributed by atoms with Gasteiger partial charge in [0.2, 0.25) is 0 Å². The fourth-order valence-corrected chi connectivity index (χ4v) is 5.47. The monoisotopic (exact) mass is 492 g/mol.